The van der Waals surface area contributed by atoms with E-state index in [2.05, 4.69) is 9.97 Å². The number of carbonyl (C=O) groups is 1. The van der Waals surface area contributed by atoms with E-state index in [1.807, 2.05) is 29.2 Å². The quantitative estimate of drug-likeness (QED) is 0.599. The van der Waals surface area contributed by atoms with Crippen molar-refractivity contribution in [3.05, 3.63) is 77.2 Å². The molecule has 1 aromatic carbocycles. The van der Waals surface area contributed by atoms with Gasteiger partial charge in [0.2, 0.25) is 5.89 Å². The van der Waals surface area contributed by atoms with Crippen LogP contribution in [-0.4, -0.2) is 33.9 Å². The fraction of sp³-hybridized carbons (Fsp3) is 0.318. The lowest BCUT2D eigenvalue weighted by Gasteiger charge is -2.33. The zero-order valence-electron chi connectivity index (χ0n) is 16.0. The highest BCUT2D eigenvalue weighted by Crippen LogP contribution is 2.31. The fourth-order valence-electron chi connectivity index (χ4n) is 3.51. The van der Waals surface area contributed by atoms with E-state index in [0.717, 1.165) is 30.6 Å². The lowest BCUT2D eigenvalue weighted by Crippen LogP contribution is -2.41. The van der Waals surface area contributed by atoms with E-state index in [0.29, 0.717) is 29.6 Å². The standard InChI is InChI=1S/C22H22ClN3O3/c23-17-8-6-16(7-9-17)12-19-14-25-22(29-19)20-5-1-2-11-26(20)21(27)15-28-18-4-3-10-24-13-18/h3-4,6-10,13-14,20H,1-2,5,11-12,15H2/t20-/m1/s1. The topological polar surface area (TPSA) is 68.5 Å². The van der Waals surface area contributed by atoms with Crippen LogP contribution < -0.4 is 4.74 Å². The summed E-state index contributed by atoms with van der Waals surface area (Å²) in [4.78, 5) is 23.1. The van der Waals surface area contributed by atoms with Gasteiger partial charge in [-0.05, 0) is 49.1 Å². The number of benzene rings is 1. The third-order valence-corrected chi connectivity index (χ3v) is 5.22. The molecular formula is C22H22ClN3O3. The first-order valence-corrected chi connectivity index (χ1v) is 10.1. The zero-order valence-corrected chi connectivity index (χ0v) is 16.7. The molecule has 3 aromatic rings. The van der Waals surface area contributed by atoms with Gasteiger partial charge < -0.3 is 14.1 Å². The molecule has 7 heteroatoms. The summed E-state index contributed by atoms with van der Waals surface area (Å²) in [7, 11) is 0. The smallest absolute Gasteiger partial charge is 0.261 e. The predicted molar refractivity (Wildman–Crippen MR) is 109 cm³/mol. The molecule has 0 spiro atoms. The summed E-state index contributed by atoms with van der Waals surface area (Å²) in [5.74, 6) is 1.86. The predicted octanol–water partition coefficient (Wildman–Crippen LogP) is 4.45. The Balaban J connectivity index is 1.42. The van der Waals surface area contributed by atoms with E-state index in [1.54, 1.807) is 30.7 Å². The van der Waals surface area contributed by atoms with Crippen LogP contribution >= 0.6 is 11.6 Å². The molecule has 4 rings (SSSR count). The Kier molecular flexibility index (Phi) is 6.10. The number of nitrogens with zero attached hydrogens (tertiary/aromatic N) is 3. The average molecular weight is 412 g/mol. The van der Waals surface area contributed by atoms with Crippen molar-refractivity contribution in [1.29, 1.82) is 0 Å². The maximum absolute atomic E-state index is 12.8. The van der Waals surface area contributed by atoms with E-state index >= 15 is 0 Å². The number of rotatable bonds is 6. The second-order valence-electron chi connectivity index (χ2n) is 7.04. The molecule has 0 radical (unpaired) electrons. The summed E-state index contributed by atoms with van der Waals surface area (Å²) >= 11 is 5.94. The van der Waals surface area contributed by atoms with Crippen molar-refractivity contribution in [2.24, 2.45) is 0 Å². The minimum Gasteiger partial charge on any atom is -0.482 e. The molecule has 1 atom stereocenters. The van der Waals surface area contributed by atoms with Crippen LogP contribution in [0.4, 0.5) is 0 Å². The van der Waals surface area contributed by atoms with Crippen LogP contribution in [-0.2, 0) is 11.2 Å². The molecule has 0 saturated carbocycles. The number of hydrogen-bond donors (Lipinski definition) is 0. The number of piperidine rings is 1. The third kappa shape index (κ3) is 4.95. The van der Waals surface area contributed by atoms with Crippen molar-refractivity contribution in [2.75, 3.05) is 13.2 Å². The first-order valence-electron chi connectivity index (χ1n) is 9.70. The number of ether oxygens (including phenoxy) is 1. The molecule has 0 aliphatic carbocycles. The molecule has 6 nitrogen and oxygen atoms in total. The van der Waals surface area contributed by atoms with Crippen LogP contribution in [0.15, 0.2) is 59.4 Å². The van der Waals surface area contributed by atoms with Gasteiger partial charge in [-0.1, -0.05) is 23.7 Å². The van der Waals surface area contributed by atoms with Crippen LogP contribution in [0, 0.1) is 0 Å². The van der Waals surface area contributed by atoms with E-state index in [1.165, 1.54) is 0 Å². The number of carbonyl (C=O) groups excluding carboxylic acids is 1. The summed E-state index contributed by atoms with van der Waals surface area (Å²) in [6, 6.07) is 11.1. The molecule has 29 heavy (non-hydrogen) atoms. The molecule has 0 bridgehead atoms. The lowest BCUT2D eigenvalue weighted by molar-refractivity contribution is -0.137. The first-order chi connectivity index (χ1) is 14.2. The van der Waals surface area contributed by atoms with Gasteiger partial charge in [0.1, 0.15) is 17.6 Å². The van der Waals surface area contributed by atoms with Crippen LogP contribution in [0.25, 0.3) is 0 Å². The maximum atomic E-state index is 12.8. The molecule has 1 amide bonds. The number of oxazole rings is 1. The molecule has 3 heterocycles. The van der Waals surface area contributed by atoms with Crippen LogP contribution in [0.1, 0.15) is 42.5 Å². The summed E-state index contributed by atoms with van der Waals surface area (Å²) < 4.78 is 11.6. The number of likely N-dealkylation sites (tertiary alicyclic amines) is 1. The van der Waals surface area contributed by atoms with Crippen molar-refractivity contribution >= 4 is 17.5 Å². The van der Waals surface area contributed by atoms with Gasteiger partial charge in [0.05, 0.1) is 12.4 Å². The minimum atomic E-state index is -0.160. The second kappa shape index (κ2) is 9.09. The highest BCUT2D eigenvalue weighted by molar-refractivity contribution is 6.30. The van der Waals surface area contributed by atoms with Crippen molar-refractivity contribution in [2.45, 2.75) is 31.7 Å². The number of hydrogen-bond acceptors (Lipinski definition) is 5. The largest absolute Gasteiger partial charge is 0.482 e. The highest BCUT2D eigenvalue weighted by Gasteiger charge is 2.31. The van der Waals surface area contributed by atoms with Crippen molar-refractivity contribution in [1.82, 2.24) is 14.9 Å². The Hall–Kier alpha value is -2.86. The molecule has 1 fully saturated rings. The average Bonchev–Trinajstić information content (AvgIpc) is 3.23. The summed E-state index contributed by atoms with van der Waals surface area (Å²) in [6.45, 7) is 0.648. The molecule has 1 saturated heterocycles. The van der Waals surface area contributed by atoms with Crippen LogP contribution in [0.2, 0.25) is 5.02 Å². The van der Waals surface area contributed by atoms with Gasteiger partial charge in [0, 0.05) is 24.2 Å². The molecule has 150 valence electrons. The van der Waals surface area contributed by atoms with E-state index in [-0.39, 0.29) is 18.6 Å². The van der Waals surface area contributed by atoms with Gasteiger partial charge in [0.15, 0.2) is 6.61 Å². The number of amides is 1. The normalized spacial score (nSPS) is 16.6. The molecule has 1 aliphatic rings. The van der Waals surface area contributed by atoms with E-state index in [4.69, 9.17) is 20.8 Å². The van der Waals surface area contributed by atoms with Gasteiger partial charge in [0.25, 0.3) is 5.91 Å². The molecule has 0 N–H and O–H groups in total. The Morgan fingerprint density at radius 1 is 1.21 bits per heavy atom. The summed E-state index contributed by atoms with van der Waals surface area (Å²) in [6.07, 6.45) is 8.47. The van der Waals surface area contributed by atoms with Gasteiger partial charge in [-0.25, -0.2) is 4.98 Å². The van der Waals surface area contributed by atoms with Gasteiger partial charge in [-0.15, -0.1) is 0 Å². The lowest BCUT2D eigenvalue weighted by atomic mass is 10.0. The number of halogens is 1. The summed E-state index contributed by atoms with van der Waals surface area (Å²) in [5, 5.41) is 0.705. The maximum Gasteiger partial charge on any atom is 0.261 e. The van der Waals surface area contributed by atoms with Crippen LogP contribution in [0.5, 0.6) is 5.75 Å². The van der Waals surface area contributed by atoms with E-state index in [9.17, 15) is 4.79 Å². The Bertz CT molecular complexity index is 943. The van der Waals surface area contributed by atoms with Crippen molar-refractivity contribution in [3.8, 4) is 5.75 Å². The first kappa shape index (κ1) is 19.5. The minimum absolute atomic E-state index is 0.0272. The Morgan fingerprint density at radius 3 is 2.86 bits per heavy atom. The van der Waals surface area contributed by atoms with E-state index < -0.39 is 0 Å². The van der Waals surface area contributed by atoms with Gasteiger partial charge in [-0.2, -0.15) is 0 Å². The SMILES string of the molecule is O=C(COc1cccnc1)N1CCCC[C@@H]1c1ncc(Cc2ccc(Cl)cc2)o1. The Morgan fingerprint density at radius 2 is 2.07 bits per heavy atom. The monoisotopic (exact) mass is 411 g/mol. The molecular weight excluding hydrogens is 390 g/mol. The Labute approximate surface area is 174 Å². The van der Waals surface area contributed by atoms with Gasteiger partial charge in [-0.3, -0.25) is 9.78 Å². The highest BCUT2D eigenvalue weighted by atomic mass is 35.5. The number of pyridine rings is 1. The fourth-order valence-corrected chi connectivity index (χ4v) is 3.64. The van der Waals surface area contributed by atoms with Crippen molar-refractivity contribution in [3.63, 3.8) is 0 Å². The third-order valence-electron chi connectivity index (χ3n) is 4.97. The number of aromatic nitrogens is 2. The molecule has 0 unspecified atom stereocenters. The van der Waals surface area contributed by atoms with Gasteiger partial charge >= 0.3 is 0 Å². The molecule has 2 aromatic heterocycles. The second-order valence-corrected chi connectivity index (χ2v) is 7.48. The summed E-state index contributed by atoms with van der Waals surface area (Å²) in [5.41, 5.74) is 1.10. The van der Waals surface area contributed by atoms with Crippen LogP contribution in [0.3, 0.4) is 0 Å². The van der Waals surface area contributed by atoms with Crippen molar-refractivity contribution < 1.29 is 13.9 Å². The molecule has 1 aliphatic heterocycles. The zero-order chi connectivity index (χ0) is 20.1.